The summed E-state index contributed by atoms with van der Waals surface area (Å²) in [6, 6.07) is 6.10. The van der Waals surface area contributed by atoms with Crippen molar-refractivity contribution >= 4 is 17.7 Å². The molecule has 1 N–H and O–H groups in total. The second-order valence-electron chi connectivity index (χ2n) is 7.85. The summed E-state index contributed by atoms with van der Waals surface area (Å²) >= 11 is 0. The van der Waals surface area contributed by atoms with Gasteiger partial charge >= 0.3 is 0 Å². The first-order valence-electron chi connectivity index (χ1n) is 10.1. The predicted octanol–water partition coefficient (Wildman–Crippen LogP) is 1.06. The zero-order valence-electron chi connectivity index (χ0n) is 15.7. The summed E-state index contributed by atoms with van der Waals surface area (Å²) in [5.74, 6) is 0.0712. The number of piperazine rings is 1. The van der Waals surface area contributed by atoms with Gasteiger partial charge in [-0.15, -0.1) is 0 Å². The van der Waals surface area contributed by atoms with E-state index in [1.54, 1.807) is 4.90 Å². The Morgan fingerprint density at radius 2 is 1.67 bits per heavy atom. The van der Waals surface area contributed by atoms with Crippen molar-refractivity contribution < 1.29 is 14.4 Å². The largest absolute Gasteiger partial charge is 0.344 e. The highest BCUT2D eigenvalue weighted by atomic mass is 16.2. The van der Waals surface area contributed by atoms with Crippen LogP contribution >= 0.6 is 0 Å². The van der Waals surface area contributed by atoms with Gasteiger partial charge in [0.1, 0.15) is 6.04 Å². The minimum Gasteiger partial charge on any atom is -0.344 e. The van der Waals surface area contributed by atoms with Crippen molar-refractivity contribution in [2.24, 2.45) is 0 Å². The molecule has 3 aliphatic rings. The quantitative estimate of drug-likeness (QED) is 0.866. The fourth-order valence-electron chi connectivity index (χ4n) is 4.38. The van der Waals surface area contributed by atoms with Crippen LogP contribution in [0.3, 0.4) is 0 Å². The van der Waals surface area contributed by atoms with Crippen molar-refractivity contribution in [3.05, 3.63) is 34.9 Å². The van der Waals surface area contributed by atoms with E-state index >= 15 is 0 Å². The summed E-state index contributed by atoms with van der Waals surface area (Å²) in [7, 11) is 0. The summed E-state index contributed by atoms with van der Waals surface area (Å²) in [6.45, 7) is 2.22. The maximum atomic E-state index is 12.7. The molecule has 0 bridgehead atoms. The SMILES string of the molecule is O=C1CCC(C(=O)N2CCN(C(=O)Cc3ccc4c(c3)CCCC4)CC2)N1. The Hall–Kier alpha value is -2.37. The number of hydrogen-bond acceptors (Lipinski definition) is 3. The van der Waals surface area contributed by atoms with E-state index in [9.17, 15) is 14.4 Å². The van der Waals surface area contributed by atoms with Crippen LogP contribution in [0.15, 0.2) is 18.2 Å². The molecule has 144 valence electrons. The summed E-state index contributed by atoms with van der Waals surface area (Å²) in [6.07, 6.45) is 6.21. The van der Waals surface area contributed by atoms with Crippen LogP contribution in [0.1, 0.15) is 42.4 Å². The Kier molecular flexibility index (Phi) is 5.14. The van der Waals surface area contributed by atoms with Crippen LogP contribution in [0.25, 0.3) is 0 Å². The van der Waals surface area contributed by atoms with E-state index in [-0.39, 0.29) is 23.8 Å². The van der Waals surface area contributed by atoms with Gasteiger partial charge in [0, 0.05) is 32.6 Å². The molecular formula is C21H27N3O3. The molecule has 2 fully saturated rings. The Bertz CT molecular complexity index is 753. The van der Waals surface area contributed by atoms with Crippen LogP contribution < -0.4 is 5.32 Å². The second-order valence-corrected chi connectivity index (χ2v) is 7.85. The normalized spacial score (nSPS) is 22.4. The third-order valence-electron chi connectivity index (χ3n) is 6.01. The number of amides is 3. The molecule has 1 aromatic carbocycles. The Morgan fingerprint density at radius 3 is 2.37 bits per heavy atom. The first-order valence-corrected chi connectivity index (χ1v) is 10.1. The molecule has 1 unspecified atom stereocenters. The lowest BCUT2D eigenvalue weighted by Gasteiger charge is -2.36. The van der Waals surface area contributed by atoms with E-state index < -0.39 is 0 Å². The maximum Gasteiger partial charge on any atom is 0.245 e. The zero-order chi connectivity index (χ0) is 18.8. The number of nitrogens with one attached hydrogen (secondary N) is 1. The van der Waals surface area contributed by atoms with E-state index in [0.29, 0.717) is 45.4 Å². The molecule has 0 saturated carbocycles. The number of carbonyl (C=O) groups excluding carboxylic acids is 3. The lowest BCUT2D eigenvalue weighted by molar-refractivity contribution is -0.140. The van der Waals surface area contributed by atoms with Crippen molar-refractivity contribution in [2.75, 3.05) is 26.2 Å². The third-order valence-corrected chi connectivity index (χ3v) is 6.01. The van der Waals surface area contributed by atoms with Gasteiger partial charge in [-0.3, -0.25) is 14.4 Å². The fourth-order valence-corrected chi connectivity index (χ4v) is 4.38. The molecule has 27 heavy (non-hydrogen) atoms. The van der Waals surface area contributed by atoms with Gasteiger partial charge in [0.25, 0.3) is 0 Å². The van der Waals surface area contributed by atoms with Crippen LogP contribution in [0.2, 0.25) is 0 Å². The Morgan fingerprint density at radius 1 is 0.963 bits per heavy atom. The third kappa shape index (κ3) is 3.99. The molecule has 2 heterocycles. The summed E-state index contributed by atoms with van der Waals surface area (Å²) < 4.78 is 0. The average molecular weight is 369 g/mol. The summed E-state index contributed by atoms with van der Waals surface area (Å²) in [5, 5.41) is 2.73. The molecule has 4 rings (SSSR count). The Labute approximate surface area is 159 Å². The molecule has 0 radical (unpaired) electrons. The van der Waals surface area contributed by atoms with Crippen LogP contribution in [-0.4, -0.2) is 59.7 Å². The smallest absolute Gasteiger partial charge is 0.245 e. The summed E-state index contributed by atoms with van der Waals surface area (Å²) in [5.41, 5.74) is 3.93. The van der Waals surface area contributed by atoms with Crippen molar-refractivity contribution in [3.63, 3.8) is 0 Å². The first-order chi connectivity index (χ1) is 13.1. The predicted molar refractivity (Wildman–Crippen MR) is 101 cm³/mol. The van der Waals surface area contributed by atoms with E-state index in [2.05, 4.69) is 23.5 Å². The monoisotopic (exact) mass is 369 g/mol. The lowest BCUT2D eigenvalue weighted by Crippen LogP contribution is -2.54. The molecule has 3 amide bonds. The molecule has 6 heteroatoms. The van der Waals surface area contributed by atoms with Crippen molar-refractivity contribution in [1.29, 1.82) is 0 Å². The van der Waals surface area contributed by atoms with Gasteiger partial charge in [0.15, 0.2) is 0 Å². The number of benzene rings is 1. The van der Waals surface area contributed by atoms with Gasteiger partial charge in [-0.05, 0) is 48.8 Å². The van der Waals surface area contributed by atoms with E-state index in [0.717, 1.165) is 18.4 Å². The highest BCUT2D eigenvalue weighted by Gasteiger charge is 2.32. The second kappa shape index (κ2) is 7.71. The maximum absolute atomic E-state index is 12.7. The van der Waals surface area contributed by atoms with Gasteiger partial charge in [-0.2, -0.15) is 0 Å². The molecule has 2 aliphatic heterocycles. The molecule has 1 atom stereocenters. The summed E-state index contributed by atoms with van der Waals surface area (Å²) in [4.78, 5) is 40.1. The minimum atomic E-state index is -0.379. The highest BCUT2D eigenvalue weighted by molar-refractivity contribution is 5.91. The van der Waals surface area contributed by atoms with Crippen molar-refractivity contribution in [3.8, 4) is 0 Å². The van der Waals surface area contributed by atoms with Crippen LogP contribution in [0.5, 0.6) is 0 Å². The standard InChI is InChI=1S/C21H27N3O3/c25-19-8-7-18(22-19)21(27)24-11-9-23(10-12-24)20(26)14-15-5-6-16-3-1-2-4-17(16)13-15/h5-6,13,18H,1-4,7-12,14H2,(H,22,25). The number of fused-ring (bicyclic) bond motifs is 1. The highest BCUT2D eigenvalue weighted by Crippen LogP contribution is 2.22. The van der Waals surface area contributed by atoms with E-state index in [1.165, 1.54) is 24.0 Å². The van der Waals surface area contributed by atoms with E-state index in [4.69, 9.17) is 0 Å². The molecule has 1 aromatic rings. The number of rotatable bonds is 3. The first kappa shape index (κ1) is 18.0. The molecule has 0 spiro atoms. The topological polar surface area (TPSA) is 69.7 Å². The number of aryl methyl sites for hydroxylation is 2. The zero-order valence-corrected chi connectivity index (χ0v) is 15.7. The van der Waals surface area contributed by atoms with Crippen molar-refractivity contribution in [1.82, 2.24) is 15.1 Å². The average Bonchev–Trinajstić information content (AvgIpc) is 3.14. The molecule has 6 nitrogen and oxygen atoms in total. The minimum absolute atomic E-state index is 0.0114. The van der Waals surface area contributed by atoms with Gasteiger partial charge in [0.05, 0.1) is 6.42 Å². The number of carbonyl (C=O) groups is 3. The molecular weight excluding hydrogens is 342 g/mol. The Balaban J connectivity index is 1.30. The molecule has 0 aromatic heterocycles. The number of hydrogen-bond donors (Lipinski definition) is 1. The van der Waals surface area contributed by atoms with E-state index in [1.807, 2.05) is 4.90 Å². The van der Waals surface area contributed by atoms with Crippen LogP contribution in [0.4, 0.5) is 0 Å². The van der Waals surface area contributed by atoms with Crippen LogP contribution in [0, 0.1) is 0 Å². The number of nitrogens with zero attached hydrogens (tertiary/aromatic N) is 2. The van der Waals surface area contributed by atoms with Crippen molar-refractivity contribution in [2.45, 2.75) is 51.0 Å². The van der Waals surface area contributed by atoms with Gasteiger partial charge in [0.2, 0.25) is 17.7 Å². The fraction of sp³-hybridized carbons (Fsp3) is 0.571. The molecule has 1 aliphatic carbocycles. The van der Waals surface area contributed by atoms with Crippen LogP contribution in [-0.2, 0) is 33.6 Å². The molecule has 2 saturated heterocycles. The van der Waals surface area contributed by atoms with Gasteiger partial charge in [-0.1, -0.05) is 18.2 Å². The van der Waals surface area contributed by atoms with Gasteiger partial charge < -0.3 is 15.1 Å². The lowest BCUT2D eigenvalue weighted by atomic mass is 9.90. The van der Waals surface area contributed by atoms with Gasteiger partial charge in [-0.25, -0.2) is 0 Å².